The SMILES string of the molecule is CCCC(C(C)=O)C(CC(C)C)C(=O)NC1CCCCN(Cc2cncc(Br)c2)C1=O. The van der Waals surface area contributed by atoms with Crippen LogP contribution in [0.3, 0.4) is 0 Å². The smallest absolute Gasteiger partial charge is 0.245 e. The van der Waals surface area contributed by atoms with Crippen LogP contribution in [0.15, 0.2) is 22.9 Å². The molecule has 31 heavy (non-hydrogen) atoms. The first-order valence-electron chi connectivity index (χ1n) is 11.4. The van der Waals surface area contributed by atoms with E-state index in [0.29, 0.717) is 38.3 Å². The summed E-state index contributed by atoms with van der Waals surface area (Å²) in [4.78, 5) is 44.8. The Hall–Kier alpha value is -1.76. The second-order valence-corrected chi connectivity index (χ2v) is 9.99. The number of nitrogens with zero attached hydrogens (tertiary/aromatic N) is 2. The molecule has 0 saturated carbocycles. The number of likely N-dealkylation sites (tertiary alicyclic amines) is 1. The van der Waals surface area contributed by atoms with Gasteiger partial charge in [0.05, 0.1) is 0 Å². The number of Topliss-reactive ketones (excluding diaryl/α,β-unsaturated/α-hetero) is 1. The van der Waals surface area contributed by atoms with Crippen molar-refractivity contribution in [3.05, 3.63) is 28.5 Å². The minimum absolute atomic E-state index is 0.0519. The molecular formula is C24H36BrN3O3. The molecule has 0 aromatic carbocycles. The Kier molecular flexibility index (Phi) is 10.1. The van der Waals surface area contributed by atoms with Crippen molar-refractivity contribution < 1.29 is 14.4 Å². The van der Waals surface area contributed by atoms with Crippen LogP contribution in [-0.2, 0) is 20.9 Å². The van der Waals surface area contributed by atoms with Crippen LogP contribution < -0.4 is 5.32 Å². The summed E-state index contributed by atoms with van der Waals surface area (Å²) in [6, 6.07) is 1.42. The molecule has 1 aliphatic heterocycles. The van der Waals surface area contributed by atoms with Crippen LogP contribution in [0, 0.1) is 17.8 Å². The van der Waals surface area contributed by atoms with Gasteiger partial charge in [0.15, 0.2) is 0 Å². The van der Waals surface area contributed by atoms with Gasteiger partial charge in [-0.25, -0.2) is 0 Å². The largest absolute Gasteiger partial charge is 0.344 e. The fourth-order valence-electron chi connectivity index (χ4n) is 4.40. The van der Waals surface area contributed by atoms with Gasteiger partial charge < -0.3 is 10.2 Å². The summed E-state index contributed by atoms with van der Waals surface area (Å²) in [6.45, 7) is 8.87. The first kappa shape index (κ1) is 25.5. The summed E-state index contributed by atoms with van der Waals surface area (Å²) in [6.07, 6.45) is 8.08. The highest BCUT2D eigenvalue weighted by atomic mass is 79.9. The van der Waals surface area contributed by atoms with Gasteiger partial charge in [-0.1, -0.05) is 27.2 Å². The third-order valence-electron chi connectivity index (χ3n) is 5.90. The van der Waals surface area contributed by atoms with E-state index in [1.165, 1.54) is 0 Å². The lowest BCUT2D eigenvalue weighted by Crippen LogP contribution is -2.50. The van der Waals surface area contributed by atoms with Crippen molar-refractivity contribution in [1.29, 1.82) is 0 Å². The van der Waals surface area contributed by atoms with Gasteiger partial charge in [0.25, 0.3) is 0 Å². The Morgan fingerprint density at radius 2 is 2.00 bits per heavy atom. The quantitative estimate of drug-likeness (QED) is 0.519. The highest BCUT2D eigenvalue weighted by Crippen LogP contribution is 2.27. The van der Waals surface area contributed by atoms with Crippen LogP contribution in [0.2, 0.25) is 0 Å². The zero-order valence-corrected chi connectivity index (χ0v) is 20.8. The Morgan fingerprint density at radius 3 is 2.61 bits per heavy atom. The van der Waals surface area contributed by atoms with E-state index in [0.717, 1.165) is 29.3 Å². The Morgan fingerprint density at radius 1 is 1.26 bits per heavy atom. The molecule has 2 amide bonds. The highest BCUT2D eigenvalue weighted by molar-refractivity contribution is 9.10. The number of hydrogen-bond donors (Lipinski definition) is 1. The molecule has 1 N–H and O–H groups in total. The van der Waals surface area contributed by atoms with Crippen molar-refractivity contribution in [2.45, 2.75) is 78.8 Å². The number of carbonyl (C=O) groups is 3. The lowest BCUT2D eigenvalue weighted by atomic mass is 9.80. The average molecular weight is 494 g/mol. The maximum absolute atomic E-state index is 13.3. The van der Waals surface area contributed by atoms with Crippen molar-refractivity contribution in [3.63, 3.8) is 0 Å². The van der Waals surface area contributed by atoms with Crippen LogP contribution in [0.1, 0.15) is 71.8 Å². The molecule has 7 heteroatoms. The topological polar surface area (TPSA) is 79.4 Å². The molecule has 0 radical (unpaired) electrons. The van der Waals surface area contributed by atoms with Gasteiger partial charge in [0, 0.05) is 41.8 Å². The van der Waals surface area contributed by atoms with Gasteiger partial charge in [0.1, 0.15) is 11.8 Å². The molecule has 1 aliphatic rings. The van der Waals surface area contributed by atoms with Crippen LogP contribution in [0.25, 0.3) is 0 Å². The van der Waals surface area contributed by atoms with Crippen molar-refractivity contribution in [1.82, 2.24) is 15.2 Å². The number of carbonyl (C=O) groups excluding carboxylic acids is 3. The predicted molar refractivity (Wildman–Crippen MR) is 125 cm³/mol. The lowest BCUT2D eigenvalue weighted by Gasteiger charge is -2.29. The molecule has 0 aliphatic carbocycles. The Labute approximate surface area is 194 Å². The van der Waals surface area contributed by atoms with Crippen LogP contribution in [0.5, 0.6) is 0 Å². The van der Waals surface area contributed by atoms with Crippen LogP contribution >= 0.6 is 15.9 Å². The van der Waals surface area contributed by atoms with Gasteiger partial charge in [-0.15, -0.1) is 0 Å². The van der Waals surface area contributed by atoms with Crippen LogP contribution in [-0.4, -0.2) is 40.1 Å². The number of ketones is 1. The number of halogens is 1. The average Bonchev–Trinajstić information content (AvgIpc) is 2.86. The summed E-state index contributed by atoms with van der Waals surface area (Å²) >= 11 is 3.42. The first-order chi connectivity index (χ1) is 14.7. The van der Waals surface area contributed by atoms with E-state index in [1.54, 1.807) is 19.3 Å². The summed E-state index contributed by atoms with van der Waals surface area (Å²) in [7, 11) is 0. The van der Waals surface area contributed by atoms with Crippen molar-refractivity contribution >= 4 is 33.5 Å². The molecule has 1 saturated heterocycles. The second kappa shape index (κ2) is 12.3. The van der Waals surface area contributed by atoms with Gasteiger partial charge in [-0.2, -0.15) is 0 Å². The van der Waals surface area contributed by atoms with Crippen molar-refractivity contribution in [2.75, 3.05) is 6.54 Å². The number of rotatable bonds is 10. The molecule has 1 aromatic heterocycles. The fraction of sp³-hybridized carbons (Fsp3) is 0.667. The third-order valence-corrected chi connectivity index (χ3v) is 6.34. The highest BCUT2D eigenvalue weighted by Gasteiger charge is 2.35. The molecule has 2 heterocycles. The number of nitrogens with one attached hydrogen (secondary N) is 1. The fourth-order valence-corrected chi connectivity index (χ4v) is 4.81. The van der Waals surface area contributed by atoms with E-state index >= 15 is 0 Å². The Balaban J connectivity index is 2.15. The van der Waals surface area contributed by atoms with Gasteiger partial charge in [-0.05, 0) is 72.5 Å². The van der Waals surface area contributed by atoms with Gasteiger partial charge in [-0.3, -0.25) is 19.4 Å². The number of amides is 2. The zero-order chi connectivity index (χ0) is 23.0. The summed E-state index contributed by atoms with van der Waals surface area (Å²) in [5.74, 6) is -0.553. The summed E-state index contributed by atoms with van der Waals surface area (Å²) < 4.78 is 0.875. The summed E-state index contributed by atoms with van der Waals surface area (Å²) in [5, 5.41) is 3.03. The molecule has 172 valence electrons. The van der Waals surface area contributed by atoms with Gasteiger partial charge in [0.2, 0.25) is 11.8 Å². The lowest BCUT2D eigenvalue weighted by molar-refractivity contribution is -0.139. The van der Waals surface area contributed by atoms with Gasteiger partial charge >= 0.3 is 0 Å². The van der Waals surface area contributed by atoms with E-state index in [-0.39, 0.29) is 23.5 Å². The Bertz CT molecular complexity index is 768. The minimum Gasteiger partial charge on any atom is -0.344 e. The molecule has 0 spiro atoms. The first-order valence-corrected chi connectivity index (χ1v) is 12.2. The minimum atomic E-state index is -0.543. The standard InChI is InChI=1S/C24H36BrN3O3/c1-5-8-20(17(4)29)21(11-16(2)3)23(30)27-22-9-6-7-10-28(24(22)31)15-18-12-19(25)14-26-13-18/h12-14,16,20-22H,5-11,15H2,1-4H3,(H,27,30). The molecule has 3 unspecified atom stereocenters. The molecule has 3 atom stereocenters. The van der Waals surface area contributed by atoms with E-state index in [9.17, 15) is 14.4 Å². The monoisotopic (exact) mass is 493 g/mol. The maximum atomic E-state index is 13.3. The third kappa shape index (κ3) is 7.70. The number of hydrogen-bond acceptors (Lipinski definition) is 4. The van der Waals surface area contributed by atoms with Crippen molar-refractivity contribution in [3.8, 4) is 0 Å². The van der Waals surface area contributed by atoms with E-state index in [4.69, 9.17) is 0 Å². The predicted octanol–water partition coefficient (Wildman–Crippen LogP) is 4.51. The normalized spacial score (nSPS) is 19.1. The number of aromatic nitrogens is 1. The molecule has 1 aromatic rings. The van der Waals surface area contributed by atoms with E-state index in [1.807, 2.05) is 17.9 Å². The maximum Gasteiger partial charge on any atom is 0.245 e. The zero-order valence-electron chi connectivity index (χ0n) is 19.2. The van der Waals surface area contributed by atoms with Crippen molar-refractivity contribution in [2.24, 2.45) is 17.8 Å². The molecule has 6 nitrogen and oxygen atoms in total. The molecule has 0 bridgehead atoms. The summed E-state index contributed by atoms with van der Waals surface area (Å²) in [5.41, 5.74) is 0.951. The molecule has 1 fully saturated rings. The van der Waals surface area contributed by atoms with E-state index in [2.05, 4.69) is 40.1 Å². The molecule has 2 rings (SSSR count). The van der Waals surface area contributed by atoms with Crippen LogP contribution in [0.4, 0.5) is 0 Å². The molecular weight excluding hydrogens is 458 g/mol. The van der Waals surface area contributed by atoms with E-state index < -0.39 is 12.0 Å². The second-order valence-electron chi connectivity index (χ2n) is 9.07. The number of pyridine rings is 1.